The van der Waals surface area contributed by atoms with E-state index < -0.39 is 6.36 Å². The molecule has 5 heteroatoms. The predicted octanol–water partition coefficient (Wildman–Crippen LogP) is 6.34. The van der Waals surface area contributed by atoms with Crippen LogP contribution in [0.3, 0.4) is 0 Å². The van der Waals surface area contributed by atoms with Crippen molar-refractivity contribution < 1.29 is 17.9 Å². The van der Waals surface area contributed by atoms with Gasteiger partial charge in [0.25, 0.3) is 0 Å². The third-order valence-corrected chi connectivity index (χ3v) is 4.75. The molecule has 0 saturated heterocycles. The van der Waals surface area contributed by atoms with E-state index in [1.54, 1.807) is 12.1 Å². The van der Waals surface area contributed by atoms with Gasteiger partial charge in [0.05, 0.1) is 0 Å². The van der Waals surface area contributed by atoms with Crippen LogP contribution in [0.15, 0.2) is 36.4 Å². The van der Waals surface area contributed by atoms with Gasteiger partial charge in [0, 0.05) is 17.3 Å². The van der Waals surface area contributed by atoms with E-state index in [0.29, 0.717) is 6.04 Å². The normalized spacial score (nSPS) is 18.4. The minimum atomic E-state index is -4.67. The first-order chi connectivity index (χ1) is 12.2. The zero-order valence-corrected chi connectivity index (χ0v) is 15.1. The molecule has 26 heavy (non-hydrogen) atoms. The number of nitrogens with one attached hydrogen (secondary N) is 1. The molecule has 0 aromatic heterocycles. The summed E-state index contributed by atoms with van der Waals surface area (Å²) in [5.41, 5.74) is 6.79. The second-order valence-corrected chi connectivity index (χ2v) is 6.72. The van der Waals surface area contributed by atoms with Gasteiger partial charge in [-0.15, -0.1) is 13.2 Å². The molecule has 1 aliphatic rings. The van der Waals surface area contributed by atoms with E-state index in [0.717, 1.165) is 29.7 Å². The van der Waals surface area contributed by atoms with Crippen LogP contribution in [0.4, 0.5) is 18.9 Å². The van der Waals surface area contributed by atoms with Crippen molar-refractivity contribution in [2.45, 2.75) is 46.0 Å². The van der Waals surface area contributed by atoms with Crippen LogP contribution in [0.2, 0.25) is 0 Å². The van der Waals surface area contributed by atoms with Crippen molar-refractivity contribution in [1.29, 1.82) is 0 Å². The molecule has 0 bridgehead atoms. The van der Waals surface area contributed by atoms with Crippen LogP contribution in [0.1, 0.15) is 42.0 Å². The SMILES string of the molecule is CCC1CC(=Cc2ccc(OC(F)(F)F)cc2)c2cc(C)c(C)cc2N1. The van der Waals surface area contributed by atoms with Gasteiger partial charge < -0.3 is 10.1 Å². The molecule has 0 amide bonds. The highest BCUT2D eigenvalue weighted by Crippen LogP contribution is 2.37. The summed E-state index contributed by atoms with van der Waals surface area (Å²) in [6.07, 6.45) is -0.735. The Balaban J connectivity index is 1.94. The predicted molar refractivity (Wildman–Crippen MR) is 99.2 cm³/mol. The van der Waals surface area contributed by atoms with Crippen LogP contribution >= 0.6 is 0 Å². The lowest BCUT2D eigenvalue weighted by atomic mass is 9.88. The summed E-state index contributed by atoms with van der Waals surface area (Å²) in [6.45, 7) is 6.32. The third kappa shape index (κ3) is 4.21. The molecule has 3 rings (SSSR count). The topological polar surface area (TPSA) is 21.3 Å². The fraction of sp³-hybridized carbons (Fsp3) is 0.333. The summed E-state index contributed by atoms with van der Waals surface area (Å²) >= 11 is 0. The summed E-state index contributed by atoms with van der Waals surface area (Å²) in [6, 6.07) is 10.7. The molecule has 1 atom stereocenters. The number of fused-ring (bicyclic) bond motifs is 1. The Kier molecular flexibility index (Phi) is 4.99. The number of aryl methyl sites for hydroxylation is 2. The zero-order valence-electron chi connectivity index (χ0n) is 15.1. The fourth-order valence-electron chi connectivity index (χ4n) is 3.20. The van der Waals surface area contributed by atoms with Gasteiger partial charge in [-0.3, -0.25) is 0 Å². The van der Waals surface area contributed by atoms with E-state index in [2.05, 4.69) is 49.0 Å². The molecular formula is C21H22F3NO. The number of anilines is 1. The Bertz CT molecular complexity index is 822. The summed E-state index contributed by atoms with van der Waals surface area (Å²) < 4.78 is 40.8. The quantitative estimate of drug-likeness (QED) is 0.689. The lowest BCUT2D eigenvalue weighted by Crippen LogP contribution is -2.24. The van der Waals surface area contributed by atoms with Gasteiger partial charge in [-0.25, -0.2) is 0 Å². The largest absolute Gasteiger partial charge is 0.573 e. The van der Waals surface area contributed by atoms with Crippen LogP contribution in [0, 0.1) is 13.8 Å². The van der Waals surface area contributed by atoms with E-state index in [1.807, 2.05) is 0 Å². The van der Waals surface area contributed by atoms with Crippen LogP contribution < -0.4 is 10.1 Å². The van der Waals surface area contributed by atoms with Gasteiger partial charge in [-0.1, -0.05) is 25.1 Å². The van der Waals surface area contributed by atoms with Crippen molar-refractivity contribution in [2.75, 3.05) is 5.32 Å². The van der Waals surface area contributed by atoms with E-state index in [-0.39, 0.29) is 5.75 Å². The van der Waals surface area contributed by atoms with E-state index >= 15 is 0 Å². The Hall–Kier alpha value is -2.43. The fourth-order valence-corrected chi connectivity index (χ4v) is 3.20. The minimum absolute atomic E-state index is 0.205. The highest BCUT2D eigenvalue weighted by molar-refractivity contribution is 5.89. The van der Waals surface area contributed by atoms with Gasteiger partial charge in [-0.05, 0) is 73.2 Å². The average molecular weight is 361 g/mol. The van der Waals surface area contributed by atoms with Gasteiger partial charge >= 0.3 is 6.36 Å². The summed E-state index contributed by atoms with van der Waals surface area (Å²) in [5.74, 6) is -0.205. The number of benzene rings is 2. The molecule has 0 aliphatic carbocycles. The maximum Gasteiger partial charge on any atom is 0.573 e. The van der Waals surface area contributed by atoms with Crippen molar-refractivity contribution in [3.63, 3.8) is 0 Å². The molecular weight excluding hydrogens is 339 g/mol. The Labute approximate surface area is 151 Å². The van der Waals surface area contributed by atoms with Crippen molar-refractivity contribution in [3.8, 4) is 5.75 Å². The molecule has 2 nitrogen and oxygen atoms in total. The van der Waals surface area contributed by atoms with E-state index in [1.165, 1.54) is 28.8 Å². The minimum Gasteiger partial charge on any atom is -0.406 e. The van der Waals surface area contributed by atoms with E-state index in [4.69, 9.17) is 0 Å². The van der Waals surface area contributed by atoms with Gasteiger partial charge in [0.2, 0.25) is 0 Å². The number of rotatable bonds is 3. The van der Waals surface area contributed by atoms with Crippen molar-refractivity contribution in [2.24, 2.45) is 0 Å². The standard InChI is InChI=1S/C21H22F3NO/c1-4-17-12-16(19-9-13(2)14(3)10-20(19)25-17)11-15-5-7-18(8-6-15)26-21(22,23)24/h5-11,17,25H,4,12H2,1-3H3. The van der Waals surface area contributed by atoms with E-state index in [9.17, 15) is 13.2 Å². The molecule has 138 valence electrons. The highest BCUT2D eigenvalue weighted by Gasteiger charge is 2.31. The molecule has 2 aromatic rings. The smallest absolute Gasteiger partial charge is 0.406 e. The van der Waals surface area contributed by atoms with Crippen LogP contribution in [-0.2, 0) is 0 Å². The molecule has 2 aromatic carbocycles. The first-order valence-electron chi connectivity index (χ1n) is 8.69. The van der Waals surface area contributed by atoms with Crippen LogP contribution in [-0.4, -0.2) is 12.4 Å². The zero-order chi connectivity index (χ0) is 18.9. The van der Waals surface area contributed by atoms with Gasteiger partial charge in [-0.2, -0.15) is 0 Å². The average Bonchev–Trinajstić information content (AvgIpc) is 2.56. The van der Waals surface area contributed by atoms with Crippen LogP contribution in [0.25, 0.3) is 11.6 Å². The second-order valence-electron chi connectivity index (χ2n) is 6.72. The van der Waals surface area contributed by atoms with Crippen molar-refractivity contribution in [3.05, 3.63) is 58.7 Å². The molecule has 0 saturated carbocycles. The first kappa shape index (κ1) is 18.4. The molecule has 1 heterocycles. The molecule has 0 spiro atoms. The number of alkyl halides is 3. The summed E-state index contributed by atoms with van der Waals surface area (Å²) in [5, 5.41) is 3.58. The summed E-state index contributed by atoms with van der Waals surface area (Å²) in [4.78, 5) is 0. The Morgan fingerprint density at radius 2 is 1.77 bits per heavy atom. The molecule has 0 radical (unpaired) electrons. The number of hydrogen-bond donors (Lipinski definition) is 1. The molecule has 0 fully saturated rings. The number of halogens is 3. The Morgan fingerprint density at radius 1 is 1.12 bits per heavy atom. The number of hydrogen-bond acceptors (Lipinski definition) is 2. The monoisotopic (exact) mass is 361 g/mol. The maximum atomic E-state index is 12.3. The highest BCUT2D eigenvalue weighted by atomic mass is 19.4. The van der Waals surface area contributed by atoms with Gasteiger partial charge in [0.15, 0.2) is 0 Å². The first-order valence-corrected chi connectivity index (χ1v) is 8.69. The Morgan fingerprint density at radius 3 is 2.38 bits per heavy atom. The number of ether oxygens (including phenoxy) is 1. The van der Waals surface area contributed by atoms with Crippen LogP contribution in [0.5, 0.6) is 5.75 Å². The lowest BCUT2D eigenvalue weighted by Gasteiger charge is -2.29. The lowest BCUT2D eigenvalue weighted by molar-refractivity contribution is -0.274. The van der Waals surface area contributed by atoms with Crippen molar-refractivity contribution >= 4 is 17.3 Å². The van der Waals surface area contributed by atoms with Crippen molar-refractivity contribution in [1.82, 2.24) is 0 Å². The molecule has 1 N–H and O–H groups in total. The molecule has 1 aliphatic heterocycles. The third-order valence-electron chi connectivity index (χ3n) is 4.75. The van der Waals surface area contributed by atoms with Gasteiger partial charge in [0.1, 0.15) is 5.75 Å². The second kappa shape index (κ2) is 7.06. The molecule has 1 unspecified atom stereocenters. The maximum absolute atomic E-state index is 12.3. The summed E-state index contributed by atoms with van der Waals surface area (Å²) in [7, 11) is 0.